The molecule has 0 radical (unpaired) electrons. The third-order valence-electron chi connectivity index (χ3n) is 4.96. The minimum atomic E-state index is -2.93. The van der Waals surface area contributed by atoms with Crippen molar-refractivity contribution >= 4 is 15.8 Å². The van der Waals surface area contributed by atoms with Gasteiger partial charge in [-0.05, 0) is 52.1 Å². The van der Waals surface area contributed by atoms with Gasteiger partial charge in [-0.1, -0.05) is 26.7 Å². The lowest BCUT2D eigenvalue weighted by atomic mass is 10.0. The number of likely N-dealkylation sites (tertiary alicyclic amines) is 1. The molecule has 1 saturated heterocycles. The SMILES string of the molecule is CCNC(=NCC(C(C)C)N1CCCCCC1)NC(C)CCS(C)(=O)=O. The van der Waals surface area contributed by atoms with Gasteiger partial charge in [-0.3, -0.25) is 9.89 Å². The maximum Gasteiger partial charge on any atom is 0.191 e. The highest BCUT2D eigenvalue weighted by Gasteiger charge is 2.22. The van der Waals surface area contributed by atoms with Crippen molar-refractivity contribution in [2.45, 2.75) is 71.9 Å². The van der Waals surface area contributed by atoms with Crippen molar-refractivity contribution in [3.8, 4) is 0 Å². The number of guanidine groups is 1. The van der Waals surface area contributed by atoms with Gasteiger partial charge in [0.1, 0.15) is 9.84 Å². The molecule has 0 amide bonds. The summed E-state index contributed by atoms with van der Waals surface area (Å²) in [5.41, 5.74) is 0. The summed E-state index contributed by atoms with van der Waals surface area (Å²) in [6.45, 7) is 12.5. The monoisotopic (exact) mass is 388 g/mol. The minimum absolute atomic E-state index is 0.0678. The Kier molecular flexibility index (Phi) is 10.5. The van der Waals surface area contributed by atoms with Gasteiger partial charge < -0.3 is 10.6 Å². The van der Waals surface area contributed by atoms with Gasteiger partial charge in [-0.2, -0.15) is 0 Å². The van der Waals surface area contributed by atoms with Gasteiger partial charge in [0.15, 0.2) is 5.96 Å². The van der Waals surface area contributed by atoms with Crippen LogP contribution in [0.1, 0.15) is 59.8 Å². The third-order valence-corrected chi connectivity index (χ3v) is 5.94. The molecule has 1 heterocycles. The van der Waals surface area contributed by atoms with Crippen molar-refractivity contribution in [2.75, 3.05) is 38.2 Å². The first-order chi connectivity index (χ1) is 12.2. The molecule has 0 aromatic carbocycles. The predicted octanol–water partition coefficient (Wildman–Crippen LogP) is 2.27. The number of sulfone groups is 1. The van der Waals surface area contributed by atoms with E-state index in [1.807, 2.05) is 13.8 Å². The van der Waals surface area contributed by atoms with Crippen LogP contribution in [-0.2, 0) is 9.84 Å². The zero-order chi connectivity index (χ0) is 19.6. The molecule has 1 rings (SSSR count). The smallest absolute Gasteiger partial charge is 0.191 e. The van der Waals surface area contributed by atoms with E-state index in [4.69, 9.17) is 4.99 Å². The van der Waals surface area contributed by atoms with Crippen molar-refractivity contribution in [2.24, 2.45) is 10.9 Å². The van der Waals surface area contributed by atoms with Crippen LogP contribution in [-0.4, -0.2) is 69.5 Å². The van der Waals surface area contributed by atoms with E-state index in [1.165, 1.54) is 45.0 Å². The highest BCUT2D eigenvalue weighted by Crippen LogP contribution is 2.17. The number of hydrogen-bond acceptors (Lipinski definition) is 4. The van der Waals surface area contributed by atoms with E-state index in [0.717, 1.165) is 19.0 Å². The summed E-state index contributed by atoms with van der Waals surface area (Å²) < 4.78 is 22.7. The molecule has 0 saturated carbocycles. The molecule has 0 bridgehead atoms. The normalized spacial score (nSPS) is 19.8. The van der Waals surface area contributed by atoms with E-state index in [0.29, 0.717) is 18.4 Å². The number of nitrogens with one attached hydrogen (secondary N) is 2. The van der Waals surface area contributed by atoms with Crippen LogP contribution in [0.15, 0.2) is 4.99 Å². The summed E-state index contributed by atoms with van der Waals surface area (Å²) in [5, 5.41) is 6.65. The molecule has 0 spiro atoms. The van der Waals surface area contributed by atoms with Crippen molar-refractivity contribution < 1.29 is 8.42 Å². The van der Waals surface area contributed by atoms with Crippen molar-refractivity contribution in [3.05, 3.63) is 0 Å². The fourth-order valence-corrected chi connectivity index (χ4v) is 4.16. The highest BCUT2D eigenvalue weighted by atomic mass is 32.2. The number of hydrogen-bond donors (Lipinski definition) is 2. The largest absolute Gasteiger partial charge is 0.357 e. The van der Waals surface area contributed by atoms with Crippen molar-refractivity contribution in [3.63, 3.8) is 0 Å². The van der Waals surface area contributed by atoms with E-state index < -0.39 is 9.84 Å². The molecule has 2 N–H and O–H groups in total. The Balaban J connectivity index is 2.68. The van der Waals surface area contributed by atoms with Gasteiger partial charge in [0, 0.05) is 24.9 Å². The van der Waals surface area contributed by atoms with Gasteiger partial charge in [0.2, 0.25) is 0 Å². The van der Waals surface area contributed by atoms with Gasteiger partial charge in [-0.15, -0.1) is 0 Å². The fourth-order valence-electron chi connectivity index (χ4n) is 3.38. The van der Waals surface area contributed by atoms with Crippen LogP contribution in [0.2, 0.25) is 0 Å². The molecule has 1 fully saturated rings. The summed E-state index contributed by atoms with van der Waals surface area (Å²) in [5.74, 6) is 1.54. The number of aliphatic imine (C=N–C) groups is 1. The molecular weight excluding hydrogens is 348 g/mol. The van der Waals surface area contributed by atoms with Crippen LogP contribution in [0.25, 0.3) is 0 Å². The van der Waals surface area contributed by atoms with Crippen LogP contribution >= 0.6 is 0 Å². The summed E-state index contributed by atoms with van der Waals surface area (Å²) in [4.78, 5) is 7.44. The van der Waals surface area contributed by atoms with Gasteiger partial charge in [0.05, 0.1) is 12.3 Å². The van der Waals surface area contributed by atoms with E-state index >= 15 is 0 Å². The number of nitrogens with zero attached hydrogens (tertiary/aromatic N) is 2. The Bertz CT molecular complexity index is 512. The van der Waals surface area contributed by atoms with Crippen molar-refractivity contribution in [1.82, 2.24) is 15.5 Å². The van der Waals surface area contributed by atoms with Gasteiger partial charge in [-0.25, -0.2) is 8.42 Å². The first-order valence-electron chi connectivity index (χ1n) is 10.2. The molecule has 26 heavy (non-hydrogen) atoms. The zero-order valence-corrected chi connectivity index (χ0v) is 18.2. The third kappa shape index (κ3) is 9.76. The summed E-state index contributed by atoms with van der Waals surface area (Å²) in [6.07, 6.45) is 7.12. The van der Waals surface area contributed by atoms with E-state index in [2.05, 4.69) is 29.4 Å². The zero-order valence-electron chi connectivity index (χ0n) is 17.4. The second-order valence-corrected chi connectivity index (χ2v) is 10.2. The lowest BCUT2D eigenvalue weighted by Crippen LogP contribution is -2.45. The van der Waals surface area contributed by atoms with Gasteiger partial charge >= 0.3 is 0 Å². The standard InChI is InChI=1S/C19H40N4O2S/c1-6-20-19(22-17(4)11-14-26(5,24)25)21-15-18(16(2)3)23-12-9-7-8-10-13-23/h16-18H,6-15H2,1-5H3,(H2,20,21,22). The summed E-state index contributed by atoms with van der Waals surface area (Å²) in [7, 11) is -2.93. The topological polar surface area (TPSA) is 73.8 Å². The first kappa shape index (κ1) is 23.2. The Labute approximate surface area is 161 Å². The molecule has 7 heteroatoms. The van der Waals surface area contributed by atoms with Crippen LogP contribution in [0, 0.1) is 5.92 Å². The molecule has 154 valence electrons. The molecule has 2 atom stereocenters. The predicted molar refractivity (Wildman–Crippen MR) is 112 cm³/mol. The van der Waals surface area contributed by atoms with Gasteiger partial charge in [0.25, 0.3) is 0 Å². The molecule has 1 aliphatic rings. The Hall–Kier alpha value is -0.820. The van der Waals surface area contributed by atoms with E-state index in [-0.39, 0.29) is 11.8 Å². The first-order valence-corrected chi connectivity index (χ1v) is 12.3. The molecule has 0 aliphatic carbocycles. The van der Waals surface area contributed by atoms with Crippen LogP contribution < -0.4 is 10.6 Å². The Morgan fingerprint density at radius 2 is 1.73 bits per heavy atom. The quantitative estimate of drug-likeness (QED) is 0.468. The summed E-state index contributed by atoms with van der Waals surface area (Å²) >= 11 is 0. The van der Waals surface area contributed by atoms with E-state index in [9.17, 15) is 8.42 Å². The highest BCUT2D eigenvalue weighted by molar-refractivity contribution is 7.90. The lowest BCUT2D eigenvalue weighted by Gasteiger charge is -2.32. The van der Waals surface area contributed by atoms with E-state index in [1.54, 1.807) is 0 Å². The number of rotatable bonds is 9. The maximum absolute atomic E-state index is 11.4. The average molecular weight is 389 g/mol. The minimum Gasteiger partial charge on any atom is -0.357 e. The van der Waals surface area contributed by atoms with Crippen LogP contribution in [0.5, 0.6) is 0 Å². The molecule has 1 aliphatic heterocycles. The van der Waals surface area contributed by atoms with Crippen LogP contribution in [0.4, 0.5) is 0 Å². The maximum atomic E-state index is 11.4. The second kappa shape index (κ2) is 11.8. The summed E-state index contributed by atoms with van der Waals surface area (Å²) in [6, 6.07) is 0.521. The fraction of sp³-hybridized carbons (Fsp3) is 0.947. The molecule has 6 nitrogen and oxygen atoms in total. The molecule has 2 unspecified atom stereocenters. The van der Waals surface area contributed by atoms with Crippen molar-refractivity contribution in [1.29, 1.82) is 0 Å². The molecule has 0 aromatic heterocycles. The Morgan fingerprint density at radius 3 is 2.23 bits per heavy atom. The molecule has 0 aromatic rings. The van der Waals surface area contributed by atoms with Crippen LogP contribution in [0.3, 0.4) is 0 Å². The second-order valence-electron chi connectivity index (χ2n) is 7.95. The Morgan fingerprint density at radius 1 is 1.12 bits per heavy atom. The lowest BCUT2D eigenvalue weighted by molar-refractivity contribution is 0.166. The average Bonchev–Trinajstić information content (AvgIpc) is 2.81. The molecular formula is C19H40N4O2S.